The standard InChI is InChI=1S/C13H21NO3/c1-4-17-9-11(14)7-10-5-6-12(15-2)13(8-10)16-3/h5-6,8,11H,4,7,9,14H2,1-3H3. The van der Waals surface area contributed by atoms with Crippen molar-refractivity contribution in [2.45, 2.75) is 19.4 Å². The third-order valence-corrected chi connectivity index (χ3v) is 2.48. The number of ether oxygens (including phenoxy) is 3. The van der Waals surface area contributed by atoms with Crippen molar-refractivity contribution in [3.05, 3.63) is 23.8 Å². The molecule has 0 aliphatic carbocycles. The first-order valence-corrected chi connectivity index (χ1v) is 5.75. The molecule has 0 aliphatic rings. The number of rotatable bonds is 7. The van der Waals surface area contributed by atoms with Gasteiger partial charge >= 0.3 is 0 Å². The SMILES string of the molecule is CCOCC(N)Cc1ccc(OC)c(OC)c1. The average molecular weight is 239 g/mol. The van der Waals surface area contributed by atoms with E-state index in [2.05, 4.69) is 0 Å². The number of methoxy groups -OCH3 is 2. The topological polar surface area (TPSA) is 53.7 Å². The van der Waals surface area contributed by atoms with Crippen LogP contribution in [0.3, 0.4) is 0 Å². The summed E-state index contributed by atoms with van der Waals surface area (Å²) in [6.45, 7) is 3.23. The molecular formula is C13H21NO3. The second kappa shape index (κ2) is 7.14. The van der Waals surface area contributed by atoms with Crippen LogP contribution in [-0.2, 0) is 11.2 Å². The molecule has 0 aromatic heterocycles. The van der Waals surface area contributed by atoms with Crippen LogP contribution < -0.4 is 15.2 Å². The molecular weight excluding hydrogens is 218 g/mol. The van der Waals surface area contributed by atoms with Crippen LogP contribution in [0.25, 0.3) is 0 Å². The van der Waals surface area contributed by atoms with Gasteiger partial charge in [0.2, 0.25) is 0 Å². The largest absolute Gasteiger partial charge is 0.493 e. The van der Waals surface area contributed by atoms with Gasteiger partial charge in [-0.2, -0.15) is 0 Å². The van der Waals surface area contributed by atoms with E-state index in [0.717, 1.165) is 23.5 Å². The Hall–Kier alpha value is -1.26. The van der Waals surface area contributed by atoms with Crippen molar-refractivity contribution >= 4 is 0 Å². The van der Waals surface area contributed by atoms with Crippen molar-refractivity contribution in [3.63, 3.8) is 0 Å². The molecule has 1 aromatic carbocycles. The fourth-order valence-electron chi connectivity index (χ4n) is 1.64. The summed E-state index contributed by atoms with van der Waals surface area (Å²) in [5.41, 5.74) is 7.08. The van der Waals surface area contributed by atoms with Crippen LogP contribution >= 0.6 is 0 Å². The maximum atomic E-state index is 5.96. The molecule has 96 valence electrons. The Morgan fingerprint density at radius 3 is 2.47 bits per heavy atom. The predicted molar refractivity (Wildman–Crippen MR) is 67.7 cm³/mol. The highest BCUT2D eigenvalue weighted by molar-refractivity contribution is 5.43. The Bertz CT molecular complexity index is 341. The zero-order valence-corrected chi connectivity index (χ0v) is 10.7. The quantitative estimate of drug-likeness (QED) is 0.785. The summed E-state index contributed by atoms with van der Waals surface area (Å²) >= 11 is 0. The monoisotopic (exact) mass is 239 g/mol. The van der Waals surface area contributed by atoms with Crippen LogP contribution in [0.1, 0.15) is 12.5 Å². The summed E-state index contributed by atoms with van der Waals surface area (Å²) in [6.07, 6.45) is 0.764. The predicted octanol–water partition coefficient (Wildman–Crippen LogP) is 1.61. The maximum absolute atomic E-state index is 5.96. The van der Waals surface area contributed by atoms with Gasteiger partial charge in [0.25, 0.3) is 0 Å². The van der Waals surface area contributed by atoms with E-state index in [1.807, 2.05) is 25.1 Å². The molecule has 17 heavy (non-hydrogen) atoms. The molecule has 1 unspecified atom stereocenters. The zero-order chi connectivity index (χ0) is 12.7. The highest BCUT2D eigenvalue weighted by atomic mass is 16.5. The Labute approximate surface area is 103 Å². The molecule has 0 heterocycles. The molecule has 2 N–H and O–H groups in total. The van der Waals surface area contributed by atoms with Gasteiger partial charge in [0.15, 0.2) is 11.5 Å². The first-order chi connectivity index (χ1) is 8.21. The van der Waals surface area contributed by atoms with E-state index >= 15 is 0 Å². The van der Waals surface area contributed by atoms with E-state index in [-0.39, 0.29) is 6.04 Å². The lowest BCUT2D eigenvalue weighted by atomic mass is 10.1. The second-order valence-corrected chi connectivity index (χ2v) is 3.81. The van der Waals surface area contributed by atoms with E-state index in [0.29, 0.717) is 13.2 Å². The van der Waals surface area contributed by atoms with Crippen LogP contribution in [0, 0.1) is 0 Å². The van der Waals surface area contributed by atoms with E-state index in [4.69, 9.17) is 19.9 Å². The molecule has 1 rings (SSSR count). The zero-order valence-electron chi connectivity index (χ0n) is 10.7. The van der Waals surface area contributed by atoms with Crippen molar-refractivity contribution < 1.29 is 14.2 Å². The maximum Gasteiger partial charge on any atom is 0.160 e. The fourth-order valence-corrected chi connectivity index (χ4v) is 1.64. The number of hydrogen-bond donors (Lipinski definition) is 1. The van der Waals surface area contributed by atoms with Gasteiger partial charge in [0.1, 0.15) is 0 Å². The summed E-state index contributed by atoms with van der Waals surface area (Å²) in [6, 6.07) is 5.84. The molecule has 0 spiro atoms. The number of hydrogen-bond acceptors (Lipinski definition) is 4. The average Bonchev–Trinajstić information content (AvgIpc) is 2.36. The molecule has 0 bridgehead atoms. The lowest BCUT2D eigenvalue weighted by molar-refractivity contribution is 0.133. The van der Waals surface area contributed by atoms with Gasteiger partial charge in [-0.1, -0.05) is 6.07 Å². The van der Waals surface area contributed by atoms with E-state index in [1.54, 1.807) is 14.2 Å². The van der Waals surface area contributed by atoms with Gasteiger partial charge in [-0.3, -0.25) is 0 Å². The first-order valence-electron chi connectivity index (χ1n) is 5.75. The van der Waals surface area contributed by atoms with Gasteiger partial charge in [0, 0.05) is 12.6 Å². The molecule has 0 radical (unpaired) electrons. The van der Waals surface area contributed by atoms with Crippen molar-refractivity contribution in [1.82, 2.24) is 0 Å². The van der Waals surface area contributed by atoms with E-state index < -0.39 is 0 Å². The molecule has 0 saturated carbocycles. The second-order valence-electron chi connectivity index (χ2n) is 3.81. The Kier molecular flexibility index (Phi) is 5.80. The summed E-state index contributed by atoms with van der Waals surface area (Å²) in [5, 5.41) is 0. The highest BCUT2D eigenvalue weighted by Gasteiger charge is 2.08. The van der Waals surface area contributed by atoms with Gasteiger partial charge in [-0.25, -0.2) is 0 Å². The molecule has 0 aliphatic heterocycles. The molecule has 0 saturated heterocycles. The first kappa shape index (κ1) is 13.8. The van der Waals surface area contributed by atoms with E-state index in [1.165, 1.54) is 0 Å². The molecule has 0 amide bonds. The summed E-state index contributed by atoms with van der Waals surface area (Å²) in [5.74, 6) is 1.46. The van der Waals surface area contributed by atoms with Crippen molar-refractivity contribution in [1.29, 1.82) is 0 Å². The molecule has 0 fully saturated rings. The van der Waals surface area contributed by atoms with Crippen LogP contribution in [0.2, 0.25) is 0 Å². The Balaban J connectivity index is 2.65. The van der Waals surface area contributed by atoms with Gasteiger partial charge in [-0.15, -0.1) is 0 Å². The Morgan fingerprint density at radius 1 is 1.18 bits per heavy atom. The lowest BCUT2D eigenvalue weighted by Gasteiger charge is -2.13. The number of nitrogens with two attached hydrogens (primary N) is 1. The minimum absolute atomic E-state index is 0.00745. The molecule has 4 heteroatoms. The van der Waals surface area contributed by atoms with Gasteiger partial charge in [0.05, 0.1) is 20.8 Å². The summed E-state index contributed by atoms with van der Waals surface area (Å²) in [4.78, 5) is 0. The van der Waals surface area contributed by atoms with Crippen molar-refractivity contribution in [3.8, 4) is 11.5 Å². The minimum Gasteiger partial charge on any atom is -0.493 e. The normalized spacial score (nSPS) is 12.2. The molecule has 1 aromatic rings. The smallest absolute Gasteiger partial charge is 0.160 e. The van der Waals surface area contributed by atoms with Crippen molar-refractivity contribution in [2.24, 2.45) is 5.73 Å². The lowest BCUT2D eigenvalue weighted by Crippen LogP contribution is -2.28. The third-order valence-electron chi connectivity index (χ3n) is 2.48. The fraction of sp³-hybridized carbons (Fsp3) is 0.538. The van der Waals surface area contributed by atoms with Gasteiger partial charge < -0.3 is 19.9 Å². The van der Waals surface area contributed by atoms with Crippen LogP contribution in [-0.4, -0.2) is 33.5 Å². The van der Waals surface area contributed by atoms with Crippen LogP contribution in [0.4, 0.5) is 0 Å². The highest BCUT2D eigenvalue weighted by Crippen LogP contribution is 2.27. The number of benzene rings is 1. The van der Waals surface area contributed by atoms with E-state index in [9.17, 15) is 0 Å². The minimum atomic E-state index is 0.00745. The van der Waals surface area contributed by atoms with Gasteiger partial charge in [-0.05, 0) is 31.0 Å². The molecule has 4 nitrogen and oxygen atoms in total. The van der Waals surface area contributed by atoms with Crippen molar-refractivity contribution in [2.75, 3.05) is 27.4 Å². The van der Waals surface area contributed by atoms with Crippen LogP contribution in [0.15, 0.2) is 18.2 Å². The third kappa shape index (κ3) is 4.24. The Morgan fingerprint density at radius 2 is 1.88 bits per heavy atom. The summed E-state index contributed by atoms with van der Waals surface area (Å²) < 4.78 is 15.7. The molecule has 1 atom stereocenters. The van der Waals surface area contributed by atoms with Crippen LogP contribution in [0.5, 0.6) is 11.5 Å². The summed E-state index contributed by atoms with van der Waals surface area (Å²) in [7, 11) is 3.25.